The van der Waals surface area contributed by atoms with Crippen molar-refractivity contribution in [1.29, 1.82) is 0 Å². The van der Waals surface area contributed by atoms with Gasteiger partial charge in [-0.2, -0.15) is 27.1 Å². The molecule has 3 heterocycles. The average Bonchev–Trinajstić information content (AvgIpc) is 3.02. The standard InChI is InChI=1S/C13H12ClF5N4OS/c1-6-21-23-8(10(13(17,18)19)20-11(23)25-6)5-22-4-7(2-9(22)24)3-12(14,15)16/h7H,2-5H2,1H3. The molecule has 1 aliphatic rings. The first-order chi connectivity index (χ1) is 11.4. The Bertz CT molecular complexity index is 812. The van der Waals surface area contributed by atoms with Crippen molar-refractivity contribution in [3.63, 3.8) is 0 Å². The van der Waals surface area contributed by atoms with Crippen LogP contribution in [0.4, 0.5) is 22.0 Å². The fraction of sp³-hybridized carbons (Fsp3) is 0.615. The average molecular weight is 403 g/mol. The number of halogens is 6. The number of amides is 1. The molecule has 0 bridgehead atoms. The van der Waals surface area contributed by atoms with Gasteiger partial charge in [0.2, 0.25) is 10.9 Å². The number of alkyl halides is 6. The zero-order valence-corrected chi connectivity index (χ0v) is 14.4. The number of aryl methyl sites for hydroxylation is 1. The summed E-state index contributed by atoms with van der Waals surface area (Å²) in [5, 5.41) is 1.05. The molecular weight excluding hydrogens is 391 g/mol. The van der Waals surface area contributed by atoms with Crippen molar-refractivity contribution >= 4 is 33.8 Å². The first-order valence-corrected chi connectivity index (χ1v) is 8.40. The Labute approximate surface area is 147 Å². The molecule has 25 heavy (non-hydrogen) atoms. The number of fused-ring (bicyclic) bond motifs is 1. The number of carbonyl (C=O) groups excluding carboxylic acids is 1. The van der Waals surface area contributed by atoms with Gasteiger partial charge >= 0.3 is 11.6 Å². The zero-order valence-electron chi connectivity index (χ0n) is 12.8. The molecule has 0 N–H and O–H groups in total. The number of nitrogens with zero attached hydrogens (tertiary/aromatic N) is 4. The minimum atomic E-state index is -4.71. The van der Waals surface area contributed by atoms with Crippen LogP contribution in [0.2, 0.25) is 0 Å². The van der Waals surface area contributed by atoms with Crippen molar-refractivity contribution in [2.24, 2.45) is 5.92 Å². The molecule has 1 saturated heterocycles. The van der Waals surface area contributed by atoms with Crippen LogP contribution < -0.4 is 0 Å². The molecule has 2 aromatic heterocycles. The van der Waals surface area contributed by atoms with Crippen LogP contribution in [0.3, 0.4) is 0 Å². The quantitative estimate of drug-likeness (QED) is 0.579. The highest BCUT2D eigenvalue weighted by molar-refractivity contribution is 7.16. The summed E-state index contributed by atoms with van der Waals surface area (Å²) in [6.07, 6.45) is -5.59. The Balaban J connectivity index is 1.88. The maximum Gasteiger partial charge on any atom is 0.435 e. The number of hydrogen-bond acceptors (Lipinski definition) is 4. The van der Waals surface area contributed by atoms with E-state index in [9.17, 15) is 26.7 Å². The normalized spacial score (nSPS) is 19.4. The van der Waals surface area contributed by atoms with Crippen LogP contribution in [0.5, 0.6) is 0 Å². The molecule has 1 aliphatic heterocycles. The van der Waals surface area contributed by atoms with Crippen molar-refractivity contribution in [2.75, 3.05) is 6.54 Å². The lowest BCUT2D eigenvalue weighted by Gasteiger charge is -2.18. The van der Waals surface area contributed by atoms with E-state index in [0.29, 0.717) is 5.01 Å². The van der Waals surface area contributed by atoms with E-state index in [2.05, 4.69) is 10.1 Å². The minimum absolute atomic E-state index is 0.0651. The highest BCUT2D eigenvalue weighted by Crippen LogP contribution is 2.36. The van der Waals surface area contributed by atoms with Crippen molar-refractivity contribution in [2.45, 2.75) is 37.9 Å². The van der Waals surface area contributed by atoms with Crippen LogP contribution >= 0.6 is 22.9 Å². The van der Waals surface area contributed by atoms with Gasteiger partial charge in [-0.3, -0.25) is 4.79 Å². The lowest BCUT2D eigenvalue weighted by Crippen LogP contribution is -2.27. The van der Waals surface area contributed by atoms with Gasteiger partial charge in [-0.25, -0.2) is 9.50 Å². The summed E-state index contributed by atoms with van der Waals surface area (Å²) in [5.41, 5.74) is -1.40. The van der Waals surface area contributed by atoms with Gasteiger partial charge in [-0.15, -0.1) is 0 Å². The molecule has 0 radical (unpaired) electrons. The Morgan fingerprint density at radius 2 is 2.00 bits per heavy atom. The molecule has 3 rings (SSSR count). The van der Waals surface area contributed by atoms with E-state index in [1.807, 2.05) is 0 Å². The second-order valence-corrected chi connectivity index (χ2v) is 7.60. The SMILES string of the molecule is Cc1nn2c(CN3CC(CC(F)(F)Cl)CC3=O)c(C(F)(F)F)nc2s1. The van der Waals surface area contributed by atoms with E-state index in [1.165, 1.54) is 0 Å². The topological polar surface area (TPSA) is 50.5 Å². The summed E-state index contributed by atoms with van der Waals surface area (Å²) in [7, 11) is 0. The number of hydrogen-bond donors (Lipinski definition) is 0. The Morgan fingerprint density at radius 3 is 2.60 bits per heavy atom. The first-order valence-electron chi connectivity index (χ1n) is 7.21. The number of rotatable bonds is 4. The van der Waals surface area contributed by atoms with Crippen LogP contribution in [0.15, 0.2) is 0 Å². The van der Waals surface area contributed by atoms with E-state index in [1.54, 1.807) is 6.92 Å². The second kappa shape index (κ2) is 6.04. The summed E-state index contributed by atoms with van der Waals surface area (Å²) in [5.74, 6) is -1.21. The molecule has 138 valence electrons. The van der Waals surface area contributed by atoms with Gasteiger partial charge in [-0.1, -0.05) is 11.3 Å². The van der Waals surface area contributed by atoms with Crippen LogP contribution in [-0.2, 0) is 17.5 Å². The molecule has 0 saturated carbocycles. The van der Waals surface area contributed by atoms with Gasteiger partial charge in [0, 0.05) is 19.4 Å². The molecule has 12 heteroatoms. The molecule has 1 fully saturated rings. The summed E-state index contributed by atoms with van der Waals surface area (Å²) in [4.78, 5) is 16.8. The van der Waals surface area contributed by atoms with Gasteiger partial charge < -0.3 is 4.90 Å². The third-order valence-corrected chi connectivity index (χ3v) is 4.80. The number of imidazole rings is 1. The van der Waals surface area contributed by atoms with Gasteiger partial charge in [0.1, 0.15) is 5.01 Å². The maximum atomic E-state index is 13.2. The second-order valence-electron chi connectivity index (χ2n) is 5.88. The Hall–Kier alpha value is -1.49. The molecule has 1 atom stereocenters. The number of likely N-dealkylation sites (tertiary alicyclic amines) is 1. The van der Waals surface area contributed by atoms with E-state index < -0.39 is 42.0 Å². The van der Waals surface area contributed by atoms with Crippen molar-refractivity contribution in [3.05, 3.63) is 16.4 Å². The van der Waals surface area contributed by atoms with E-state index >= 15 is 0 Å². The molecule has 5 nitrogen and oxygen atoms in total. The summed E-state index contributed by atoms with van der Waals surface area (Å²) < 4.78 is 66.5. The highest BCUT2D eigenvalue weighted by atomic mass is 35.5. The van der Waals surface area contributed by atoms with Crippen LogP contribution in [-0.4, -0.2) is 37.3 Å². The van der Waals surface area contributed by atoms with Crippen molar-refractivity contribution in [3.8, 4) is 0 Å². The summed E-state index contributed by atoms with van der Waals surface area (Å²) in [6.45, 7) is 1.13. The van der Waals surface area contributed by atoms with Gasteiger partial charge in [-0.05, 0) is 24.4 Å². The highest BCUT2D eigenvalue weighted by Gasteiger charge is 2.42. The first kappa shape index (κ1) is 18.3. The summed E-state index contributed by atoms with van der Waals surface area (Å²) in [6, 6.07) is 0. The largest absolute Gasteiger partial charge is 0.435 e. The van der Waals surface area contributed by atoms with Crippen LogP contribution in [0.1, 0.15) is 29.2 Å². The van der Waals surface area contributed by atoms with Crippen molar-refractivity contribution in [1.82, 2.24) is 19.5 Å². The monoisotopic (exact) mass is 402 g/mol. The van der Waals surface area contributed by atoms with E-state index in [4.69, 9.17) is 11.6 Å². The fourth-order valence-electron chi connectivity index (χ4n) is 2.91. The molecule has 0 aliphatic carbocycles. The molecule has 2 aromatic rings. The minimum Gasteiger partial charge on any atom is -0.336 e. The van der Waals surface area contributed by atoms with Gasteiger partial charge in [0.25, 0.3) is 0 Å². The number of carbonyl (C=O) groups is 1. The molecule has 1 amide bonds. The van der Waals surface area contributed by atoms with E-state index in [-0.39, 0.29) is 23.6 Å². The van der Waals surface area contributed by atoms with Crippen molar-refractivity contribution < 1.29 is 26.7 Å². The molecule has 0 spiro atoms. The van der Waals surface area contributed by atoms with E-state index in [0.717, 1.165) is 20.8 Å². The van der Waals surface area contributed by atoms with Crippen LogP contribution in [0, 0.1) is 12.8 Å². The van der Waals surface area contributed by atoms with Gasteiger partial charge in [0.05, 0.1) is 12.2 Å². The Kier molecular flexibility index (Phi) is 4.43. The van der Waals surface area contributed by atoms with Gasteiger partial charge in [0.15, 0.2) is 5.69 Å². The Morgan fingerprint density at radius 1 is 1.32 bits per heavy atom. The predicted octanol–water partition coefficient (Wildman–Crippen LogP) is 3.69. The smallest absolute Gasteiger partial charge is 0.336 e. The maximum absolute atomic E-state index is 13.2. The summed E-state index contributed by atoms with van der Waals surface area (Å²) >= 11 is 5.87. The predicted molar refractivity (Wildman–Crippen MR) is 79.5 cm³/mol. The number of aromatic nitrogens is 3. The lowest BCUT2D eigenvalue weighted by molar-refractivity contribution is -0.142. The fourth-order valence-corrected chi connectivity index (χ4v) is 3.89. The molecular formula is C13H12ClF5N4OS. The molecule has 0 aromatic carbocycles. The molecule has 1 unspecified atom stereocenters. The van der Waals surface area contributed by atoms with Crippen LogP contribution in [0.25, 0.3) is 4.96 Å². The zero-order chi connectivity index (χ0) is 18.6. The third-order valence-electron chi connectivity index (χ3n) is 3.82. The lowest BCUT2D eigenvalue weighted by atomic mass is 10.1. The third kappa shape index (κ3) is 3.86.